The van der Waals surface area contributed by atoms with Crippen LogP contribution in [-0.2, 0) is 0 Å². The Balaban J connectivity index is 2.23. The predicted octanol–water partition coefficient (Wildman–Crippen LogP) is 3.71. The van der Waals surface area contributed by atoms with Gasteiger partial charge in [-0.3, -0.25) is 10.2 Å². The summed E-state index contributed by atoms with van der Waals surface area (Å²) >= 11 is 7.58. The second-order valence-electron chi connectivity index (χ2n) is 3.78. The van der Waals surface area contributed by atoms with E-state index in [0.29, 0.717) is 9.90 Å². The fourth-order valence-corrected chi connectivity index (χ4v) is 2.86. The molecule has 18 heavy (non-hydrogen) atoms. The van der Waals surface area contributed by atoms with Crippen molar-refractivity contribution in [1.29, 1.82) is 0 Å². The maximum Gasteiger partial charge on any atom is 0.281 e. The molecule has 0 saturated carbocycles. The van der Waals surface area contributed by atoms with Crippen LogP contribution in [0.4, 0.5) is 0 Å². The fraction of sp³-hybridized carbons (Fsp3) is 0.154. The molecule has 0 unspecified atom stereocenters. The van der Waals surface area contributed by atoms with Crippen molar-refractivity contribution in [2.75, 3.05) is 0 Å². The molecule has 94 valence electrons. The van der Waals surface area contributed by atoms with Gasteiger partial charge < -0.3 is 5.43 Å². The number of thiophene rings is 1. The lowest BCUT2D eigenvalue weighted by Crippen LogP contribution is -2.35. The smallest absolute Gasteiger partial charge is 0.281 e. The van der Waals surface area contributed by atoms with Gasteiger partial charge in [0.05, 0.1) is 5.02 Å². The van der Waals surface area contributed by atoms with Crippen LogP contribution in [0.2, 0.25) is 5.02 Å². The first-order valence-electron chi connectivity index (χ1n) is 5.54. The molecule has 0 aliphatic carbocycles. The molecule has 0 aliphatic heterocycles. The standard InChI is InChI=1S/C13H13ClN2OS/c1-3-8(2)15-16-13(17)12-11(14)9-6-4-5-7-10(9)18-12/h4-7,15H,2-3H2,1H3,(H,16,17). The van der Waals surface area contributed by atoms with E-state index in [2.05, 4.69) is 17.4 Å². The van der Waals surface area contributed by atoms with Crippen LogP contribution >= 0.6 is 22.9 Å². The van der Waals surface area contributed by atoms with E-state index in [1.165, 1.54) is 11.3 Å². The quantitative estimate of drug-likeness (QED) is 0.838. The van der Waals surface area contributed by atoms with Gasteiger partial charge >= 0.3 is 0 Å². The number of carbonyl (C=O) groups excluding carboxylic acids is 1. The molecule has 5 heteroatoms. The van der Waals surface area contributed by atoms with Crippen molar-refractivity contribution < 1.29 is 4.79 Å². The van der Waals surface area contributed by atoms with Gasteiger partial charge in [0.2, 0.25) is 0 Å². The lowest BCUT2D eigenvalue weighted by Gasteiger charge is -2.08. The molecule has 2 N–H and O–H groups in total. The summed E-state index contributed by atoms with van der Waals surface area (Å²) in [6.07, 6.45) is 0.750. The minimum atomic E-state index is -0.240. The average molecular weight is 281 g/mol. The number of allylic oxidation sites excluding steroid dienone is 1. The summed E-state index contributed by atoms with van der Waals surface area (Å²) in [5.41, 5.74) is 6.10. The second-order valence-corrected chi connectivity index (χ2v) is 5.21. The van der Waals surface area contributed by atoms with Gasteiger partial charge in [-0.2, -0.15) is 0 Å². The summed E-state index contributed by atoms with van der Waals surface area (Å²) in [5, 5.41) is 1.40. The van der Waals surface area contributed by atoms with E-state index in [9.17, 15) is 4.79 Å². The molecule has 3 nitrogen and oxygen atoms in total. The molecular weight excluding hydrogens is 268 g/mol. The van der Waals surface area contributed by atoms with Crippen molar-refractivity contribution >= 4 is 38.9 Å². The molecule has 0 saturated heterocycles. The SMILES string of the molecule is C=C(CC)NNC(=O)c1sc2ccccc2c1Cl. The zero-order chi connectivity index (χ0) is 13.1. The summed E-state index contributed by atoms with van der Waals surface area (Å²) in [4.78, 5) is 12.5. The van der Waals surface area contributed by atoms with Crippen LogP contribution in [0, 0.1) is 0 Å². The Morgan fingerprint density at radius 1 is 1.39 bits per heavy atom. The number of fused-ring (bicyclic) bond motifs is 1. The van der Waals surface area contributed by atoms with Crippen LogP contribution in [0.15, 0.2) is 36.5 Å². The maximum absolute atomic E-state index is 12.0. The van der Waals surface area contributed by atoms with Crippen molar-refractivity contribution in [3.05, 3.63) is 46.4 Å². The van der Waals surface area contributed by atoms with Gasteiger partial charge in [0.25, 0.3) is 5.91 Å². The van der Waals surface area contributed by atoms with Gasteiger partial charge in [0.15, 0.2) is 0 Å². The Morgan fingerprint density at radius 2 is 2.11 bits per heavy atom. The average Bonchev–Trinajstić information content (AvgIpc) is 2.73. The van der Waals surface area contributed by atoms with Gasteiger partial charge in [-0.05, 0) is 12.5 Å². The Labute approximate surface area is 114 Å². The monoisotopic (exact) mass is 280 g/mol. The van der Waals surface area contributed by atoms with Crippen molar-refractivity contribution in [2.45, 2.75) is 13.3 Å². The number of nitrogens with one attached hydrogen (secondary N) is 2. The summed E-state index contributed by atoms with van der Waals surface area (Å²) in [7, 11) is 0. The number of benzene rings is 1. The molecule has 0 atom stereocenters. The topological polar surface area (TPSA) is 41.1 Å². The van der Waals surface area contributed by atoms with Gasteiger partial charge in [0.1, 0.15) is 4.88 Å². The zero-order valence-corrected chi connectivity index (χ0v) is 11.5. The van der Waals surface area contributed by atoms with Crippen LogP contribution < -0.4 is 10.9 Å². The highest BCUT2D eigenvalue weighted by Crippen LogP contribution is 2.34. The maximum atomic E-state index is 12.0. The number of hydrogen-bond acceptors (Lipinski definition) is 3. The number of hydrazine groups is 1. The molecule has 0 bridgehead atoms. The summed E-state index contributed by atoms with van der Waals surface area (Å²) in [6, 6.07) is 7.68. The van der Waals surface area contributed by atoms with Crippen LogP contribution in [0.25, 0.3) is 10.1 Å². The van der Waals surface area contributed by atoms with Crippen LogP contribution in [-0.4, -0.2) is 5.91 Å². The molecule has 0 radical (unpaired) electrons. The van der Waals surface area contributed by atoms with Crippen molar-refractivity contribution in [3.63, 3.8) is 0 Å². The van der Waals surface area contributed by atoms with Crippen molar-refractivity contribution in [3.8, 4) is 0 Å². The third-order valence-corrected chi connectivity index (χ3v) is 4.19. The fourth-order valence-electron chi connectivity index (χ4n) is 1.45. The third kappa shape index (κ3) is 2.49. The summed E-state index contributed by atoms with van der Waals surface area (Å²) in [5.74, 6) is -0.240. The number of hydrogen-bond donors (Lipinski definition) is 2. The summed E-state index contributed by atoms with van der Waals surface area (Å²) in [6.45, 7) is 5.70. The predicted molar refractivity (Wildman–Crippen MR) is 76.9 cm³/mol. The molecule has 1 amide bonds. The number of rotatable bonds is 4. The lowest BCUT2D eigenvalue weighted by atomic mass is 10.2. The molecule has 2 rings (SSSR count). The Morgan fingerprint density at radius 3 is 2.78 bits per heavy atom. The molecule has 1 aromatic carbocycles. The normalized spacial score (nSPS) is 10.3. The van der Waals surface area contributed by atoms with Crippen molar-refractivity contribution in [1.82, 2.24) is 10.9 Å². The van der Waals surface area contributed by atoms with E-state index in [1.54, 1.807) is 0 Å². The van der Waals surface area contributed by atoms with E-state index in [4.69, 9.17) is 11.6 Å². The van der Waals surface area contributed by atoms with Gasteiger partial charge in [-0.1, -0.05) is 43.3 Å². The Hall–Kier alpha value is -1.52. The van der Waals surface area contributed by atoms with Gasteiger partial charge in [-0.25, -0.2) is 0 Å². The lowest BCUT2D eigenvalue weighted by molar-refractivity contribution is 0.0943. The minimum absolute atomic E-state index is 0.240. The van der Waals surface area contributed by atoms with Crippen LogP contribution in [0.3, 0.4) is 0 Å². The van der Waals surface area contributed by atoms with Crippen LogP contribution in [0.5, 0.6) is 0 Å². The first-order valence-corrected chi connectivity index (χ1v) is 6.74. The number of halogens is 1. The molecule has 1 aromatic heterocycles. The van der Waals surface area contributed by atoms with E-state index in [0.717, 1.165) is 22.2 Å². The Bertz CT molecular complexity index is 606. The molecular formula is C13H13ClN2OS. The zero-order valence-electron chi connectivity index (χ0n) is 9.92. The van der Waals surface area contributed by atoms with E-state index < -0.39 is 0 Å². The highest BCUT2D eigenvalue weighted by atomic mass is 35.5. The number of amides is 1. The highest BCUT2D eigenvalue weighted by molar-refractivity contribution is 7.21. The molecule has 0 spiro atoms. The molecule has 1 heterocycles. The summed E-state index contributed by atoms with van der Waals surface area (Å²) < 4.78 is 1.00. The van der Waals surface area contributed by atoms with Gasteiger partial charge in [-0.15, -0.1) is 11.3 Å². The largest absolute Gasteiger partial charge is 0.303 e. The third-order valence-electron chi connectivity index (χ3n) is 2.52. The van der Waals surface area contributed by atoms with E-state index >= 15 is 0 Å². The number of carbonyl (C=O) groups is 1. The highest BCUT2D eigenvalue weighted by Gasteiger charge is 2.16. The second kappa shape index (κ2) is 5.42. The Kier molecular flexibility index (Phi) is 3.89. The molecule has 2 aromatic rings. The minimum Gasteiger partial charge on any atom is -0.303 e. The first-order chi connectivity index (χ1) is 8.63. The van der Waals surface area contributed by atoms with Gasteiger partial charge in [0, 0.05) is 15.8 Å². The molecule has 0 aliphatic rings. The van der Waals surface area contributed by atoms with E-state index in [1.807, 2.05) is 31.2 Å². The van der Waals surface area contributed by atoms with Crippen molar-refractivity contribution in [2.24, 2.45) is 0 Å². The van der Waals surface area contributed by atoms with E-state index in [-0.39, 0.29) is 5.91 Å². The first kappa shape index (κ1) is 12.9. The van der Waals surface area contributed by atoms with Crippen LogP contribution in [0.1, 0.15) is 23.0 Å². The molecule has 0 fully saturated rings.